The van der Waals surface area contributed by atoms with Gasteiger partial charge in [-0.05, 0) is 12.8 Å². The highest BCUT2D eigenvalue weighted by molar-refractivity contribution is 5.73. The zero-order valence-electron chi connectivity index (χ0n) is 6.84. The molecule has 64 valence electrons. The van der Waals surface area contributed by atoms with E-state index in [0.717, 1.165) is 19.3 Å². The number of aliphatic hydroxyl groups excluding tert-OH is 1. The summed E-state index contributed by atoms with van der Waals surface area (Å²) in [5.74, 6) is 0.300. The van der Waals surface area contributed by atoms with Crippen LogP contribution in [0.5, 0.6) is 0 Å². The van der Waals surface area contributed by atoms with Gasteiger partial charge < -0.3 is 10.4 Å². The molecule has 0 aromatic carbocycles. The van der Waals surface area contributed by atoms with Crippen molar-refractivity contribution in [3.8, 4) is 0 Å². The highest BCUT2D eigenvalue weighted by Crippen LogP contribution is 2.24. The summed E-state index contributed by atoms with van der Waals surface area (Å²) >= 11 is 0. The molecule has 0 radical (unpaired) electrons. The Labute approximate surface area is 66.8 Å². The normalized spacial score (nSPS) is 30.4. The maximum Gasteiger partial charge on any atom is 0.217 e. The van der Waals surface area contributed by atoms with Crippen molar-refractivity contribution in [2.24, 2.45) is 5.92 Å². The second-order valence-corrected chi connectivity index (χ2v) is 3.18. The fourth-order valence-corrected chi connectivity index (χ4v) is 1.71. The molecule has 11 heavy (non-hydrogen) atoms. The second-order valence-electron chi connectivity index (χ2n) is 3.18. The first-order valence-corrected chi connectivity index (χ1v) is 4.12. The van der Waals surface area contributed by atoms with E-state index < -0.39 is 0 Å². The fourth-order valence-electron chi connectivity index (χ4n) is 1.71. The van der Waals surface area contributed by atoms with Crippen LogP contribution in [0.15, 0.2) is 0 Å². The number of aliphatic hydroxyl groups is 1. The molecular formula is C8H15NO2. The van der Waals surface area contributed by atoms with Gasteiger partial charge in [0, 0.05) is 25.5 Å². The van der Waals surface area contributed by atoms with Crippen molar-refractivity contribution in [3.63, 3.8) is 0 Å². The molecule has 0 aliphatic heterocycles. The van der Waals surface area contributed by atoms with Gasteiger partial charge in [0.15, 0.2) is 0 Å². The summed E-state index contributed by atoms with van der Waals surface area (Å²) in [7, 11) is 0. The van der Waals surface area contributed by atoms with E-state index in [1.807, 2.05) is 0 Å². The molecule has 2 N–H and O–H groups in total. The Balaban J connectivity index is 2.37. The molecule has 1 saturated carbocycles. The van der Waals surface area contributed by atoms with E-state index in [9.17, 15) is 4.79 Å². The molecule has 0 bridgehead atoms. The van der Waals surface area contributed by atoms with Gasteiger partial charge >= 0.3 is 0 Å². The largest absolute Gasteiger partial charge is 0.396 e. The Morgan fingerprint density at radius 2 is 2.36 bits per heavy atom. The van der Waals surface area contributed by atoms with E-state index in [2.05, 4.69) is 5.32 Å². The average Bonchev–Trinajstić information content (AvgIpc) is 2.34. The Hall–Kier alpha value is -0.570. The molecule has 2 atom stereocenters. The lowest BCUT2D eigenvalue weighted by Gasteiger charge is -2.17. The number of hydrogen-bond acceptors (Lipinski definition) is 2. The van der Waals surface area contributed by atoms with Gasteiger partial charge in [0.1, 0.15) is 0 Å². The zero-order chi connectivity index (χ0) is 8.27. The Bertz CT molecular complexity index is 147. The molecule has 0 spiro atoms. The third-order valence-corrected chi connectivity index (χ3v) is 2.28. The summed E-state index contributed by atoms with van der Waals surface area (Å²) in [4.78, 5) is 10.7. The van der Waals surface area contributed by atoms with Crippen molar-refractivity contribution >= 4 is 5.91 Å². The van der Waals surface area contributed by atoms with Crippen LogP contribution in [0, 0.1) is 5.92 Å². The summed E-state index contributed by atoms with van der Waals surface area (Å²) in [6.45, 7) is 1.72. The van der Waals surface area contributed by atoms with E-state index in [1.54, 1.807) is 0 Å². The lowest BCUT2D eigenvalue weighted by Crippen LogP contribution is -2.37. The summed E-state index contributed by atoms with van der Waals surface area (Å²) in [5.41, 5.74) is 0. The number of carbonyl (C=O) groups is 1. The number of rotatable bonds is 2. The van der Waals surface area contributed by atoms with E-state index in [0.29, 0.717) is 5.92 Å². The van der Waals surface area contributed by atoms with E-state index >= 15 is 0 Å². The Morgan fingerprint density at radius 3 is 2.91 bits per heavy atom. The summed E-state index contributed by atoms with van der Waals surface area (Å²) < 4.78 is 0. The molecule has 0 saturated heterocycles. The molecule has 1 aliphatic rings. The minimum atomic E-state index is 0.00958. The van der Waals surface area contributed by atoms with Crippen LogP contribution in [-0.2, 0) is 4.79 Å². The molecule has 0 aromatic heterocycles. The minimum Gasteiger partial charge on any atom is -0.396 e. The molecule has 0 heterocycles. The van der Waals surface area contributed by atoms with Gasteiger partial charge in [-0.25, -0.2) is 0 Å². The Morgan fingerprint density at radius 1 is 1.64 bits per heavy atom. The molecule has 3 nitrogen and oxygen atoms in total. The highest BCUT2D eigenvalue weighted by Gasteiger charge is 2.26. The molecule has 0 aromatic rings. The third-order valence-electron chi connectivity index (χ3n) is 2.28. The monoisotopic (exact) mass is 157 g/mol. The van der Waals surface area contributed by atoms with Crippen molar-refractivity contribution < 1.29 is 9.90 Å². The van der Waals surface area contributed by atoms with Crippen LogP contribution in [0.2, 0.25) is 0 Å². The van der Waals surface area contributed by atoms with Gasteiger partial charge in [-0.1, -0.05) is 6.42 Å². The van der Waals surface area contributed by atoms with Crippen molar-refractivity contribution in [3.05, 3.63) is 0 Å². The van der Waals surface area contributed by atoms with E-state index in [-0.39, 0.29) is 18.6 Å². The van der Waals surface area contributed by atoms with Crippen LogP contribution in [0.4, 0.5) is 0 Å². The molecule has 1 fully saturated rings. The first-order chi connectivity index (χ1) is 5.24. The predicted octanol–water partition coefficient (Wildman–Crippen LogP) is 0.283. The van der Waals surface area contributed by atoms with Crippen LogP contribution in [0.1, 0.15) is 26.2 Å². The smallest absolute Gasteiger partial charge is 0.217 e. The fraction of sp³-hybridized carbons (Fsp3) is 0.875. The molecule has 1 aliphatic carbocycles. The van der Waals surface area contributed by atoms with Gasteiger partial charge in [-0.2, -0.15) is 0 Å². The van der Waals surface area contributed by atoms with Crippen LogP contribution in [0.25, 0.3) is 0 Å². The first kappa shape index (κ1) is 8.53. The van der Waals surface area contributed by atoms with E-state index in [1.165, 1.54) is 6.92 Å². The number of nitrogens with one attached hydrogen (secondary N) is 1. The summed E-state index contributed by atoms with van der Waals surface area (Å²) in [5, 5.41) is 11.7. The van der Waals surface area contributed by atoms with Crippen LogP contribution >= 0.6 is 0 Å². The van der Waals surface area contributed by atoms with Crippen LogP contribution in [-0.4, -0.2) is 23.7 Å². The number of hydrogen-bond donors (Lipinski definition) is 2. The zero-order valence-corrected chi connectivity index (χ0v) is 6.84. The lowest BCUT2D eigenvalue weighted by molar-refractivity contribution is -0.119. The number of carbonyl (C=O) groups excluding carboxylic acids is 1. The van der Waals surface area contributed by atoms with Crippen molar-refractivity contribution in [2.45, 2.75) is 32.2 Å². The minimum absolute atomic E-state index is 0.00958. The van der Waals surface area contributed by atoms with Crippen LogP contribution in [0.3, 0.4) is 0 Å². The Kier molecular flexibility index (Phi) is 2.88. The average molecular weight is 157 g/mol. The lowest BCUT2D eigenvalue weighted by atomic mass is 10.1. The summed E-state index contributed by atoms with van der Waals surface area (Å²) in [6, 6.07) is 0.220. The third kappa shape index (κ3) is 2.19. The van der Waals surface area contributed by atoms with Gasteiger partial charge in [0.2, 0.25) is 5.91 Å². The van der Waals surface area contributed by atoms with Gasteiger partial charge in [-0.15, -0.1) is 0 Å². The molecule has 1 amide bonds. The molecule has 0 unspecified atom stereocenters. The maximum atomic E-state index is 10.7. The first-order valence-electron chi connectivity index (χ1n) is 4.12. The topological polar surface area (TPSA) is 49.3 Å². The number of amides is 1. The highest BCUT2D eigenvalue weighted by atomic mass is 16.3. The van der Waals surface area contributed by atoms with Crippen LogP contribution < -0.4 is 5.32 Å². The predicted molar refractivity (Wildman–Crippen MR) is 42.0 cm³/mol. The maximum absolute atomic E-state index is 10.7. The second kappa shape index (κ2) is 3.72. The molecule has 3 heteroatoms. The van der Waals surface area contributed by atoms with Crippen molar-refractivity contribution in [1.29, 1.82) is 0 Å². The van der Waals surface area contributed by atoms with E-state index in [4.69, 9.17) is 5.11 Å². The van der Waals surface area contributed by atoms with Crippen molar-refractivity contribution in [2.75, 3.05) is 6.61 Å². The standard InChI is InChI=1S/C8H15NO2/c1-6(11)9-8-4-2-3-7(8)5-10/h7-8,10H,2-5H2,1H3,(H,9,11)/t7-,8-/m1/s1. The summed E-state index contributed by atoms with van der Waals surface area (Å²) in [6.07, 6.45) is 3.18. The molecule has 1 rings (SSSR count). The quantitative estimate of drug-likeness (QED) is 0.605. The van der Waals surface area contributed by atoms with Gasteiger partial charge in [0.25, 0.3) is 0 Å². The van der Waals surface area contributed by atoms with Gasteiger partial charge in [-0.3, -0.25) is 4.79 Å². The SMILES string of the molecule is CC(=O)N[C@@H]1CCC[C@@H]1CO. The van der Waals surface area contributed by atoms with Gasteiger partial charge in [0.05, 0.1) is 0 Å². The molecular weight excluding hydrogens is 142 g/mol. The van der Waals surface area contributed by atoms with Crippen molar-refractivity contribution in [1.82, 2.24) is 5.32 Å².